The maximum absolute atomic E-state index is 12.7. The number of nitrogens with one attached hydrogen (secondary N) is 1. The lowest BCUT2D eigenvalue weighted by atomic mass is 9.84. The van der Waals surface area contributed by atoms with E-state index in [-0.39, 0.29) is 30.2 Å². The summed E-state index contributed by atoms with van der Waals surface area (Å²) < 4.78 is 0. The first kappa shape index (κ1) is 18.4. The van der Waals surface area contributed by atoms with E-state index in [2.05, 4.69) is 11.4 Å². The Morgan fingerprint density at radius 1 is 1.45 bits per heavy atom. The summed E-state index contributed by atoms with van der Waals surface area (Å²) in [6.07, 6.45) is 1.87. The molecule has 1 saturated heterocycles. The number of nitrogens with zero attached hydrogens (tertiary/aromatic N) is 2. The van der Waals surface area contributed by atoms with Crippen molar-refractivity contribution in [2.45, 2.75) is 52.5 Å². The highest BCUT2D eigenvalue weighted by atomic mass is 16.2. The topological polar surface area (TPSA) is 99.2 Å². The average Bonchev–Trinajstić information content (AvgIpc) is 2.87. The van der Waals surface area contributed by atoms with E-state index < -0.39 is 5.41 Å². The van der Waals surface area contributed by atoms with E-state index in [0.717, 1.165) is 19.5 Å². The first-order chi connectivity index (χ1) is 10.2. The Bertz CT molecular complexity index is 436. The van der Waals surface area contributed by atoms with Gasteiger partial charge in [-0.3, -0.25) is 9.59 Å². The number of hydrogen-bond acceptors (Lipinski definition) is 4. The van der Waals surface area contributed by atoms with Gasteiger partial charge in [0.25, 0.3) is 0 Å². The van der Waals surface area contributed by atoms with Crippen molar-refractivity contribution in [2.24, 2.45) is 17.1 Å². The first-order valence-corrected chi connectivity index (χ1v) is 7.90. The molecule has 1 rings (SSSR count). The van der Waals surface area contributed by atoms with E-state index in [9.17, 15) is 9.59 Å². The van der Waals surface area contributed by atoms with Crippen LogP contribution in [0.25, 0.3) is 0 Å². The predicted octanol–water partition coefficient (Wildman–Crippen LogP) is 1.02. The zero-order valence-corrected chi connectivity index (χ0v) is 13.9. The van der Waals surface area contributed by atoms with E-state index in [1.165, 1.54) is 0 Å². The van der Waals surface area contributed by atoms with E-state index >= 15 is 0 Å². The highest BCUT2D eigenvalue weighted by molar-refractivity contribution is 5.79. The fraction of sp³-hybridized carbons (Fsp3) is 0.812. The van der Waals surface area contributed by atoms with Gasteiger partial charge < -0.3 is 16.0 Å². The molecule has 2 unspecified atom stereocenters. The van der Waals surface area contributed by atoms with Gasteiger partial charge in [0.15, 0.2) is 0 Å². The van der Waals surface area contributed by atoms with Gasteiger partial charge in [0.2, 0.25) is 11.8 Å². The molecule has 0 aromatic rings. The van der Waals surface area contributed by atoms with Gasteiger partial charge in [0.1, 0.15) is 0 Å². The molecule has 0 spiro atoms. The van der Waals surface area contributed by atoms with Crippen LogP contribution in [0.2, 0.25) is 0 Å². The largest absolute Gasteiger partial charge is 0.370 e. The fourth-order valence-corrected chi connectivity index (χ4v) is 2.96. The van der Waals surface area contributed by atoms with Crippen molar-refractivity contribution in [3.8, 4) is 6.07 Å². The second kappa shape index (κ2) is 8.14. The summed E-state index contributed by atoms with van der Waals surface area (Å²) >= 11 is 0. The Labute approximate surface area is 133 Å². The molecule has 2 atom stereocenters. The van der Waals surface area contributed by atoms with Crippen molar-refractivity contribution >= 4 is 11.8 Å². The number of rotatable bonds is 8. The smallest absolute Gasteiger partial charge is 0.223 e. The van der Waals surface area contributed by atoms with Gasteiger partial charge in [0.05, 0.1) is 6.07 Å². The zero-order chi connectivity index (χ0) is 16.8. The Morgan fingerprint density at radius 3 is 2.64 bits per heavy atom. The fourth-order valence-electron chi connectivity index (χ4n) is 2.96. The molecule has 1 heterocycles. The SMILES string of the molecule is CC(CC#N)CN(C(=O)CC(C)(C)CC(N)=O)C1CCNC1. The lowest BCUT2D eigenvalue weighted by Gasteiger charge is -2.33. The molecule has 2 amide bonds. The molecule has 0 radical (unpaired) electrons. The quantitative estimate of drug-likeness (QED) is 0.699. The van der Waals surface area contributed by atoms with Crippen molar-refractivity contribution in [3.63, 3.8) is 0 Å². The van der Waals surface area contributed by atoms with Crippen LogP contribution in [-0.2, 0) is 9.59 Å². The summed E-state index contributed by atoms with van der Waals surface area (Å²) in [6.45, 7) is 8.05. The van der Waals surface area contributed by atoms with Gasteiger partial charge in [-0.2, -0.15) is 5.26 Å². The van der Waals surface area contributed by atoms with Gasteiger partial charge in [-0.05, 0) is 24.3 Å². The van der Waals surface area contributed by atoms with Crippen LogP contribution in [0.4, 0.5) is 0 Å². The van der Waals surface area contributed by atoms with Crippen LogP contribution in [0.15, 0.2) is 0 Å². The van der Waals surface area contributed by atoms with E-state index in [0.29, 0.717) is 19.4 Å². The predicted molar refractivity (Wildman–Crippen MR) is 84.6 cm³/mol. The summed E-state index contributed by atoms with van der Waals surface area (Å²) in [6, 6.07) is 2.34. The average molecular weight is 308 g/mol. The van der Waals surface area contributed by atoms with Crippen molar-refractivity contribution in [1.29, 1.82) is 5.26 Å². The summed E-state index contributed by atoms with van der Waals surface area (Å²) in [5.41, 5.74) is 4.82. The molecule has 0 bridgehead atoms. The van der Waals surface area contributed by atoms with Crippen LogP contribution in [0.5, 0.6) is 0 Å². The number of amides is 2. The Kier molecular flexibility index (Phi) is 6.82. The molecule has 6 nitrogen and oxygen atoms in total. The van der Waals surface area contributed by atoms with Crippen molar-refractivity contribution in [3.05, 3.63) is 0 Å². The maximum atomic E-state index is 12.7. The molecule has 1 fully saturated rings. The van der Waals surface area contributed by atoms with Gasteiger partial charge in [-0.15, -0.1) is 0 Å². The number of hydrogen-bond donors (Lipinski definition) is 2. The Hall–Kier alpha value is -1.61. The maximum Gasteiger partial charge on any atom is 0.223 e. The standard InChI is InChI=1S/C16H28N4O2/c1-12(4-6-17)11-20(13-5-7-19-10-13)15(22)9-16(2,3)8-14(18)21/h12-13,19H,4-5,7-11H2,1-3H3,(H2,18,21). The minimum atomic E-state index is -0.439. The van der Waals surface area contributed by atoms with Crippen LogP contribution in [-0.4, -0.2) is 42.4 Å². The van der Waals surface area contributed by atoms with Gasteiger partial charge >= 0.3 is 0 Å². The summed E-state index contributed by atoms with van der Waals surface area (Å²) in [7, 11) is 0. The lowest BCUT2D eigenvalue weighted by Crippen LogP contribution is -2.45. The first-order valence-electron chi connectivity index (χ1n) is 7.90. The zero-order valence-electron chi connectivity index (χ0n) is 13.9. The minimum absolute atomic E-state index is 0.0461. The molecule has 3 N–H and O–H groups in total. The highest BCUT2D eigenvalue weighted by Crippen LogP contribution is 2.27. The molecule has 22 heavy (non-hydrogen) atoms. The second-order valence-corrected chi connectivity index (χ2v) is 7.14. The summed E-state index contributed by atoms with van der Waals surface area (Å²) in [4.78, 5) is 25.8. The van der Waals surface area contributed by atoms with Crippen LogP contribution in [0.1, 0.15) is 46.5 Å². The minimum Gasteiger partial charge on any atom is -0.370 e. The number of primary amides is 1. The molecule has 1 aliphatic heterocycles. The molecule has 0 aliphatic carbocycles. The second-order valence-electron chi connectivity index (χ2n) is 7.14. The molecule has 0 saturated carbocycles. The molecule has 6 heteroatoms. The van der Waals surface area contributed by atoms with Gasteiger partial charge in [-0.1, -0.05) is 20.8 Å². The van der Waals surface area contributed by atoms with E-state index in [4.69, 9.17) is 11.0 Å². The van der Waals surface area contributed by atoms with Crippen molar-refractivity contribution in [2.75, 3.05) is 19.6 Å². The number of carbonyl (C=O) groups is 2. The van der Waals surface area contributed by atoms with Crippen LogP contribution >= 0.6 is 0 Å². The summed E-state index contributed by atoms with van der Waals surface area (Å²) in [5, 5.41) is 12.1. The van der Waals surface area contributed by atoms with Gasteiger partial charge in [0, 0.05) is 38.4 Å². The summed E-state index contributed by atoms with van der Waals surface area (Å²) in [5.74, 6) is -0.191. The molecule has 1 aliphatic rings. The van der Waals surface area contributed by atoms with Crippen molar-refractivity contribution < 1.29 is 9.59 Å². The number of nitrogens with two attached hydrogens (primary N) is 1. The van der Waals surface area contributed by atoms with E-state index in [1.807, 2.05) is 25.7 Å². The van der Waals surface area contributed by atoms with Crippen molar-refractivity contribution in [1.82, 2.24) is 10.2 Å². The normalized spacial score (nSPS) is 19.5. The third-order valence-electron chi connectivity index (χ3n) is 4.03. The number of nitriles is 1. The third-order valence-corrected chi connectivity index (χ3v) is 4.03. The molecule has 124 valence electrons. The Balaban J connectivity index is 2.74. The molecule has 0 aromatic heterocycles. The monoisotopic (exact) mass is 308 g/mol. The third kappa shape index (κ3) is 6.02. The number of carbonyl (C=O) groups excluding carboxylic acids is 2. The van der Waals surface area contributed by atoms with E-state index in [1.54, 1.807) is 0 Å². The Morgan fingerprint density at radius 2 is 2.14 bits per heavy atom. The molecule has 0 aromatic carbocycles. The van der Waals surface area contributed by atoms with Crippen LogP contribution < -0.4 is 11.1 Å². The van der Waals surface area contributed by atoms with Crippen LogP contribution in [0.3, 0.4) is 0 Å². The molecular weight excluding hydrogens is 280 g/mol. The highest BCUT2D eigenvalue weighted by Gasteiger charge is 2.32. The van der Waals surface area contributed by atoms with Crippen LogP contribution in [0, 0.1) is 22.7 Å². The molecular formula is C16H28N4O2. The van der Waals surface area contributed by atoms with Gasteiger partial charge in [-0.25, -0.2) is 0 Å². The lowest BCUT2D eigenvalue weighted by molar-refractivity contribution is -0.136.